The number of aryl methyl sites for hydroxylation is 1. The zero-order valence-corrected chi connectivity index (χ0v) is 17.5. The predicted molar refractivity (Wildman–Crippen MR) is 117 cm³/mol. The summed E-state index contributed by atoms with van der Waals surface area (Å²) < 4.78 is 7.38. The number of carbonyl (C=O) groups excluding carboxylic acids is 1. The molecule has 0 N–H and O–H groups in total. The van der Waals surface area contributed by atoms with Crippen molar-refractivity contribution < 1.29 is 9.53 Å². The minimum Gasteiger partial charge on any atom is -0.496 e. The van der Waals surface area contributed by atoms with E-state index in [1.165, 1.54) is 0 Å². The number of halogens is 1. The summed E-state index contributed by atoms with van der Waals surface area (Å²) in [5.74, 6) is 0.931. The van der Waals surface area contributed by atoms with Crippen LogP contribution in [0.4, 0.5) is 0 Å². The zero-order chi connectivity index (χ0) is 20.8. The van der Waals surface area contributed by atoms with E-state index in [4.69, 9.17) is 21.4 Å². The summed E-state index contributed by atoms with van der Waals surface area (Å²) in [6, 6.07) is 15.6. The Hall–Kier alpha value is -3.18. The Morgan fingerprint density at radius 1 is 1.10 bits per heavy atom. The Labute approximate surface area is 179 Å². The minimum absolute atomic E-state index is 0.0373. The fourth-order valence-electron chi connectivity index (χ4n) is 4.38. The first-order valence-corrected chi connectivity index (χ1v) is 10.2. The van der Waals surface area contributed by atoms with Crippen molar-refractivity contribution in [2.24, 2.45) is 0 Å². The maximum atomic E-state index is 13.0. The smallest absolute Gasteiger partial charge is 0.166 e. The van der Waals surface area contributed by atoms with Gasteiger partial charge in [0.05, 0.1) is 24.1 Å². The lowest BCUT2D eigenvalue weighted by Crippen LogP contribution is -2.22. The molecule has 0 fully saturated rings. The van der Waals surface area contributed by atoms with E-state index in [0.29, 0.717) is 23.4 Å². The van der Waals surface area contributed by atoms with Gasteiger partial charge in [0.2, 0.25) is 0 Å². The number of hydrogen-bond acceptors (Lipinski definition) is 4. The summed E-state index contributed by atoms with van der Waals surface area (Å²) in [5, 5.41) is 5.45. The lowest BCUT2D eigenvalue weighted by atomic mass is 9.81. The Bertz CT molecular complexity index is 1280. The van der Waals surface area contributed by atoms with Gasteiger partial charge in [-0.05, 0) is 42.7 Å². The van der Waals surface area contributed by atoms with Gasteiger partial charge in [-0.15, -0.1) is 0 Å². The molecule has 2 heterocycles. The number of Topliss-reactive ketones (excluding diaryl/α,β-unsaturated/α-hetero) is 1. The largest absolute Gasteiger partial charge is 0.496 e. The summed E-state index contributed by atoms with van der Waals surface area (Å²) in [6.07, 6.45) is 2.83. The van der Waals surface area contributed by atoms with E-state index in [2.05, 4.69) is 4.98 Å². The molecule has 0 amide bonds. The molecule has 6 heteroatoms. The van der Waals surface area contributed by atoms with Crippen molar-refractivity contribution in [1.29, 1.82) is 0 Å². The average Bonchev–Trinajstić information content (AvgIpc) is 3.10. The molecule has 150 valence electrons. The molecule has 2 aromatic heterocycles. The average molecular weight is 418 g/mol. The second-order valence-electron chi connectivity index (χ2n) is 7.59. The lowest BCUT2D eigenvalue weighted by molar-refractivity contribution is 0.0961. The Morgan fingerprint density at radius 2 is 1.87 bits per heavy atom. The molecule has 1 atom stereocenters. The van der Waals surface area contributed by atoms with Gasteiger partial charge in [0.15, 0.2) is 11.4 Å². The van der Waals surface area contributed by atoms with Gasteiger partial charge in [0, 0.05) is 29.1 Å². The third kappa shape index (κ3) is 2.97. The van der Waals surface area contributed by atoms with Crippen molar-refractivity contribution in [3.63, 3.8) is 0 Å². The Morgan fingerprint density at radius 3 is 2.63 bits per heavy atom. The third-order valence-corrected chi connectivity index (χ3v) is 6.05. The summed E-state index contributed by atoms with van der Waals surface area (Å²) in [7, 11) is 1.66. The molecule has 0 spiro atoms. The number of fused-ring (bicyclic) bond motifs is 3. The number of ether oxygens (including phenoxy) is 1. The summed E-state index contributed by atoms with van der Waals surface area (Å²) in [4.78, 5) is 17.6. The summed E-state index contributed by atoms with van der Waals surface area (Å²) in [6.45, 7) is 1.97. The number of carbonyl (C=O) groups is 1. The molecular weight excluding hydrogens is 398 g/mol. The highest BCUT2D eigenvalue weighted by molar-refractivity contribution is 6.30. The molecule has 0 saturated heterocycles. The van der Waals surface area contributed by atoms with Gasteiger partial charge in [-0.2, -0.15) is 5.10 Å². The minimum atomic E-state index is 0.0373. The topological polar surface area (TPSA) is 56.5 Å². The molecular formula is C24H20ClN3O2. The van der Waals surface area contributed by atoms with E-state index in [1.54, 1.807) is 13.3 Å². The van der Waals surface area contributed by atoms with Crippen LogP contribution in [0.3, 0.4) is 0 Å². The van der Waals surface area contributed by atoms with Crippen molar-refractivity contribution in [1.82, 2.24) is 14.6 Å². The number of rotatable bonds is 3. The number of methoxy groups -OCH3 is 1. The fourth-order valence-corrected chi connectivity index (χ4v) is 4.51. The highest BCUT2D eigenvalue weighted by Crippen LogP contribution is 2.38. The molecule has 0 unspecified atom stereocenters. The summed E-state index contributed by atoms with van der Waals surface area (Å²) in [5.41, 5.74) is 6.18. The molecule has 0 radical (unpaired) electrons. The van der Waals surface area contributed by atoms with Crippen molar-refractivity contribution in [2.75, 3.05) is 7.11 Å². The molecule has 1 aliphatic rings. The van der Waals surface area contributed by atoms with Gasteiger partial charge in [-0.3, -0.25) is 4.79 Å². The first kappa shape index (κ1) is 18.8. The number of hydrogen-bond donors (Lipinski definition) is 0. The molecule has 0 saturated carbocycles. The van der Waals surface area contributed by atoms with Crippen LogP contribution in [0.2, 0.25) is 5.02 Å². The van der Waals surface area contributed by atoms with Gasteiger partial charge in [-0.1, -0.05) is 41.9 Å². The van der Waals surface area contributed by atoms with Crippen LogP contribution in [0.1, 0.15) is 39.6 Å². The number of benzene rings is 2. The molecule has 0 bridgehead atoms. The molecule has 30 heavy (non-hydrogen) atoms. The van der Waals surface area contributed by atoms with Crippen molar-refractivity contribution in [3.8, 4) is 16.9 Å². The van der Waals surface area contributed by atoms with E-state index < -0.39 is 0 Å². The molecule has 5 rings (SSSR count). The van der Waals surface area contributed by atoms with Crippen LogP contribution in [-0.2, 0) is 6.42 Å². The molecule has 2 aromatic carbocycles. The van der Waals surface area contributed by atoms with Crippen LogP contribution < -0.4 is 4.74 Å². The first-order chi connectivity index (χ1) is 14.6. The molecule has 5 nitrogen and oxygen atoms in total. The van der Waals surface area contributed by atoms with E-state index >= 15 is 0 Å². The standard InChI is InChI=1S/C24H20ClN3O2/c1-14-23(15-7-9-17(25)10-8-15)24-26-13-19-20(28(24)27-14)11-16(12-21(19)29)18-5-3-4-6-22(18)30-2/h3-10,13,16H,11-12H2,1-2H3/t16-/m1/s1. The van der Waals surface area contributed by atoms with Crippen LogP contribution in [0.25, 0.3) is 16.8 Å². The number of para-hydroxylation sites is 1. The third-order valence-electron chi connectivity index (χ3n) is 5.80. The van der Waals surface area contributed by atoms with Gasteiger partial charge >= 0.3 is 0 Å². The number of aromatic nitrogens is 3. The van der Waals surface area contributed by atoms with E-state index in [0.717, 1.165) is 39.5 Å². The van der Waals surface area contributed by atoms with Crippen molar-refractivity contribution >= 4 is 23.0 Å². The molecule has 1 aliphatic carbocycles. The quantitative estimate of drug-likeness (QED) is 0.455. The SMILES string of the molecule is COc1ccccc1[C@H]1CC(=O)c2cnc3c(-c4ccc(Cl)cc4)c(C)nn3c2C1. The molecule has 0 aliphatic heterocycles. The van der Waals surface area contributed by atoms with Gasteiger partial charge < -0.3 is 4.74 Å². The first-order valence-electron chi connectivity index (χ1n) is 9.86. The van der Waals surface area contributed by atoms with E-state index in [1.807, 2.05) is 60.0 Å². The summed E-state index contributed by atoms with van der Waals surface area (Å²) >= 11 is 6.06. The second-order valence-corrected chi connectivity index (χ2v) is 8.03. The maximum absolute atomic E-state index is 13.0. The Kier molecular flexibility index (Phi) is 4.55. The van der Waals surface area contributed by atoms with Crippen LogP contribution in [0, 0.1) is 6.92 Å². The van der Waals surface area contributed by atoms with Crippen LogP contribution >= 0.6 is 11.6 Å². The zero-order valence-electron chi connectivity index (χ0n) is 16.7. The fraction of sp³-hybridized carbons (Fsp3) is 0.208. The van der Waals surface area contributed by atoms with Crippen LogP contribution in [0.5, 0.6) is 5.75 Å². The number of nitrogens with zero attached hydrogens (tertiary/aromatic N) is 3. The van der Waals surface area contributed by atoms with E-state index in [-0.39, 0.29) is 11.7 Å². The van der Waals surface area contributed by atoms with Crippen LogP contribution in [0.15, 0.2) is 54.7 Å². The molecule has 4 aromatic rings. The van der Waals surface area contributed by atoms with Crippen molar-refractivity contribution in [2.45, 2.75) is 25.7 Å². The van der Waals surface area contributed by atoms with Crippen LogP contribution in [-0.4, -0.2) is 27.5 Å². The maximum Gasteiger partial charge on any atom is 0.166 e. The highest BCUT2D eigenvalue weighted by atomic mass is 35.5. The lowest BCUT2D eigenvalue weighted by Gasteiger charge is -2.25. The predicted octanol–water partition coefficient (Wildman–Crippen LogP) is 5.28. The van der Waals surface area contributed by atoms with Gasteiger partial charge in [0.1, 0.15) is 5.75 Å². The number of ketones is 1. The normalized spacial score (nSPS) is 16.0. The Balaban J connectivity index is 1.66. The van der Waals surface area contributed by atoms with E-state index in [9.17, 15) is 4.79 Å². The van der Waals surface area contributed by atoms with Crippen molar-refractivity contribution in [3.05, 3.63) is 82.3 Å². The van der Waals surface area contributed by atoms with Gasteiger partial charge in [-0.25, -0.2) is 9.50 Å². The highest BCUT2D eigenvalue weighted by Gasteiger charge is 2.31. The monoisotopic (exact) mass is 417 g/mol. The van der Waals surface area contributed by atoms with Gasteiger partial charge in [0.25, 0.3) is 0 Å². The second kappa shape index (κ2) is 7.26.